The summed E-state index contributed by atoms with van der Waals surface area (Å²) >= 11 is 6.18. The van der Waals surface area contributed by atoms with Crippen LogP contribution in [0.25, 0.3) is 5.69 Å². The number of benzene rings is 1. The highest BCUT2D eigenvalue weighted by atomic mass is 35.5. The summed E-state index contributed by atoms with van der Waals surface area (Å²) in [5.41, 5.74) is 0.725. The van der Waals surface area contributed by atoms with Crippen LogP contribution in [0.3, 0.4) is 0 Å². The highest BCUT2D eigenvalue weighted by Crippen LogP contribution is 2.23. The first kappa shape index (κ1) is 19.0. The van der Waals surface area contributed by atoms with Gasteiger partial charge in [-0.05, 0) is 31.9 Å². The number of carboxylic acid groups (broad SMARTS) is 1. The van der Waals surface area contributed by atoms with Crippen LogP contribution in [0.15, 0.2) is 30.5 Å². The van der Waals surface area contributed by atoms with E-state index in [2.05, 4.69) is 10.4 Å². The van der Waals surface area contributed by atoms with E-state index in [9.17, 15) is 9.59 Å². The van der Waals surface area contributed by atoms with Gasteiger partial charge in [0.25, 0.3) is 5.91 Å². The Morgan fingerprint density at radius 3 is 2.56 bits per heavy atom. The van der Waals surface area contributed by atoms with Crippen molar-refractivity contribution >= 4 is 23.5 Å². The first-order valence-electron chi connectivity index (χ1n) is 7.99. The molecule has 0 saturated carbocycles. The number of amides is 1. The van der Waals surface area contributed by atoms with Crippen LogP contribution in [-0.4, -0.2) is 32.3 Å². The molecule has 1 aromatic carbocycles. The van der Waals surface area contributed by atoms with E-state index in [1.807, 2.05) is 26.0 Å². The van der Waals surface area contributed by atoms with Crippen molar-refractivity contribution in [3.05, 3.63) is 46.7 Å². The third-order valence-electron chi connectivity index (χ3n) is 4.40. The second-order valence-corrected chi connectivity index (χ2v) is 7.06. The molecule has 7 heteroatoms. The van der Waals surface area contributed by atoms with Gasteiger partial charge in [0, 0.05) is 11.8 Å². The summed E-state index contributed by atoms with van der Waals surface area (Å²) in [7, 11) is 0. The molecule has 0 fully saturated rings. The van der Waals surface area contributed by atoms with Crippen molar-refractivity contribution in [3.63, 3.8) is 0 Å². The Kier molecular flexibility index (Phi) is 5.52. The summed E-state index contributed by atoms with van der Waals surface area (Å²) in [5.74, 6) is -1.42. The number of carbonyl (C=O) groups is 2. The molecule has 0 aliphatic carbocycles. The Bertz CT molecular complexity index is 801. The molecule has 1 aromatic heterocycles. The molecule has 0 spiro atoms. The summed E-state index contributed by atoms with van der Waals surface area (Å²) < 4.78 is 1.55. The predicted molar refractivity (Wildman–Crippen MR) is 96.3 cm³/mol. The average Bonchev–Trinajstić information content (AvgIpc) is 2.88. The zero-order valence-electron chi connectivity index (χ0n) is 14.7. The highest BCUT2D eigenvalue weighted by molar-refractivity contribution is 6.32. The van der Waals surface area contributed by atoms with E-state index >= 15 is 0 Å². The molecule has 0 saturated heterocycles. The molecule has 2 rings (SSSR count). The van der Waals surface area contributed by atoms with Crippen molar-refractivity contribution < 1.29 is 14.7 Å². The molecule has 0 aliphatic rings. The third-order valence-corrected chi connectivity index (χ3v) is 4.72. The number of nitrogens with zero attached hydrogens (tertiary/aromatic N) is 2. The van der Waals surface area contributed by atoms with Crippen LogP contribution in [0.1, 0.15) is 43.2 Å². The van der Waals surface area contributed by atoms with E-state index in [-0.39, 0.29) is 18.0 Å². The fraction of sp³-hybridized carbons (Fsp3) is 0.389. The normalized spacial score (nSPS) is 13.5. The fourth-order valence-electron chi connectivity index (χ4n) is 2.47. The molecule has 1 atom stereocenters. The first-order valence-corrected chi connectivity index (χ1v) is 8.37. The molecule has 2 aromatic rings. The van der Waals surface area contributed by atoms with E-state index in [1.165, 1.54) is 0 Å². The number of carboxylic acids is 1. The lowest BCUT2D eigenvalue weighted by molar-refractivity contribution is -0.138. The van der Waals surface area contributed by atoms with Gasteiger partial charge in [-0.1, -0.05) is 37.6 Å². The second kappa shape index (κ2) is 7.27. The maximum atomic E-state index is 12.7. The maximum Gasteiger partial charge on any atom is 0.305 e. The average molecular weight is 364 g/mol. The third kappa shape index (κ3) is 4.20. The van der Waals surface area contributed by atoms with Gasteiger partial charge in [-0.15, -0.1) is 0 Å². The molecule has 0 aliphatic heterocycles. The molecule has 134 valence electrons. The number of rotatable bonds is 6. The molecule has 1 heterocycles. The Balaban J connectivity index is 2.31. The maximum absolute atomic E-state index is 12.7. The summed E-state index contributed by atoms with van der Waals surface area (Å²) in [6.07, 6.45) is 1.56. The number of aromatic nitrogens is 2. The standard InChI is InChI=1S/C18H22ClN3O3/c1-11(2)18(4,9-15(23)24)20-17(25)16-12(3)10-22(21-16)14-8-6-5-7-13(14)19/h5-8,10-11H,9H2,1-4H3,(H,20,25)(H,23,24). The number of hydrogen-bond acceptors (Lipinski definition) is 3. The van der Waals surface area contributed by atoms with Crippen LogP contribution in [0.4, 0.5) is 0 Å². The number of para-hydroxylation sites is 1. The summed E-state index contributed by atoms with van der Waals surface area (Å²) in [5, 5.41) is 16.8. The van der Waals surface area contributed by atoms with Gasteiger partial charge in [0.05, 0.1) is 22.7 Å². The van der Waals surface area contributed by atoms with E-state index in [0.717, 1.165) is 0 Å². The monoisotopic (exact) mass is 363 g/mol. The van der Waals surface area contributed by atoms with Crippen LogP contribution in [0.2, 0.25) is 5.02 Å². The van der Waals surface area contributed by atoms with Crippen molar-refractivity contribution in [1.29, 1.82) is 0 Å². The number of hydrogen-bond donors (Lipinski definition) is 2. The summed E-state index contributed by atoms with van der Waals surface area (Å²) in [6.45, 7) is 7.25. The molecule has 0 bridgehead atoms. The van der Waals surface area contributed by atoms with Crippen LogP contribution in [0, 0.1) is 12.8 Å². The minimum Gasteiger partial charge on any atom is -0.481 e. The van der Waals surface area contributed by atoms with Crippen molar-refractivity contribution in [2.45, 2.75) is 39.7 Å². The number of nitrogens with one attached hydrogen (secondary N) is 1. The Morgan fingerprint density at radius 2 is 2.00 bits per heavy atom. The lowest BCUT2D eigenvalue weighted by atomic mass is 9.85. The van der Waals surface area contributed by atoms with E-state index < -0.39 is 17.4 Å². The molecule has 0 radical (unpaired) electrons. The molecular weight excluding hydrogens is 342 g/mol. The second-order valence-electron chi connectivity index (χ2n) is 6.65. The Labute approximate surface area is 151 Å². The lowest BCUT2D eigenvalue weighted by Gasteiger charge is -2.33. The van der Waals surface area contributed by atoms with E-state index in [1.54, 1.807) is 36.9 Å². The van der Waals surface area contributed by atoms with Gasteiger partial charge >= 0.3 is 5.97 Å². The minimum atomic E-state index is -0.963. The van der Waals surface area contributed by atoms with Crippen molar-refractivity contribution in [3.8, 4) is 5.69 Å². The van der Waals surface area contributed by atoms with Gasteiger partial charge in [0.15, 0.2) is 5.69 Å². The summed E-state index contributed by atoms with van der Waals surface area (Å²) in [4.78, 5) is 23.8. The lowest BCUT2D eigenvalue weighted by Crippen LogP contribution is -2.51. The molecule has 1 unspecified atom stereocenters. The Morgan fingerprint density at radius 1 is 1.36 bits per heavy atom. The van der Waals surface area contributed by atoms with Gasteiger partial charge in [-0.25, -0.2) is 4.68 Å². The molecular formula is C18H22ClN3O3. The number of aryl methyl sites for hydroxylation is 1. The van der Waals surface area contributed by atoms with Crippen molar-refractivity contribution in [1.82, 2.24) is 15.1 Å². The van der Waals surface area contributed by atoms with Crippen LogP contribution in [-0.2, 0) is 4.79 Å². The quantitative estimate of drug-likeness (QED) is 0.823. The minimum absolute atomic E-state index is 0.0569. The largest absolute Gasteiger partial charge is 0.481 e. The van der Waals surface area contributed by atoms with Gasteiger partial charge in [0.2, 0.25) is 0 Å². The predicted octanol–water partition coefficient (Wildman–Crippen LogP) is 3.45. The van der Waals surface area contributed by atoms with Crippen molar-refractivity contribution in [2.24, 2.45) is 5.92 Å². The number of halogens is 1. The van der Waals surface area contributed by atoms with Gasteiger partial charge in [-0.2, -0.15) is 5.10 Å². The number of aliphatic carboxylic acids is 1. The first-order chi connectivity index (χ1) is 11.6. The van der Waals surface area contributed by atoms with Gasteiger partial charge in [0.1, 0.15) is 0 Å². The Hall–Kier alpha value is -2.34. The number of carbonyl (C=O) groups excluding carboxylic acids is 1. The topological polar surface area (TPSA) is 84.2 Å². The molecule has 6 nitrogen and oxygen atoms in total. The zero-order chi connectivity index (χ0) is 18.8. The van der Waals surface area contributed by atoms with Gasteiger partial charge in [-0.3, -0.25) is 9.59 Å². The SMILES string of the molecule is Cc1cn(-c2ccccc2Cl)nc1C(=O)NC(C)(CC(=O)O)C(C)C. The van der Waals surface area contributed by atoms with Crippen LogP contribution >= 0.6 is 11.6 Å². The highest BCUT2D eigenvalue weighted by Gasteiger charge is 2.34. The van der Waals surface area contributed by atoms with Gasteiger partial charge < -0.3 is 10.4 Å². The summed E-state index contributed by atoms with van der Waals surface area (Å²) in [6, 6.07) is 7.20. The zero-order valence-corrected chi connectivity index (χ0v) is 15.5. The van der Waals surface area contributed by atoms with E-state index in [0.29, 0.717) is 16.3 Å². The molecule has 1 amide bonds. The molecule has 25 heavy (non-hydrogen) atoms. The van der Waals surface area contributed by atoms with Crippen LogP contribution < -0.4 is 5.32 Å². The van der Waals surface area contributed by atoms with Crippen LogP contribution in [0.5, 0.6) is 0 Å². The fourth-order valence-corrected chi connectivity index (χ4v) is 2.69. The van der Waals surface area contributed by atoms with E-state index in [4.69, 9.17) is 16.7 Å². The molecule has 2 N–H and O–H groups in total. The smallest absolute Gasteiger partial charge is 0.305 e. The van der Waals surface area contributed by atoms with Crippen molar-refractivity contribution in [2.75, 3.05) is 0 Å².